The van der Waals surface area contributed by atoms with Crippen molar-refractivity contribution in [2.75, 3.05) is 0 Å². The molecule has 0 amide bonds. The molecule has 1 aromatic heterocycles. The van der Waals surface area contributed by atoms with Gasteiger partial charge in [0.25, 0.3) is 0 Å². The fourth-order valence-electron chi connectivity index (χ4n) is 4.21. The number of imidazole rings is 1. The minimum atomic E-state index is -0.286. The van der Waals surface area contributed by atoms with Crippen molar-refractivity contribution in [1.82, 2.24) is 9.55 Å². The maximum Gasteiger partial charge on any atom is 0.128 e. The standard InChI is InChI=1S/C28H28N2O3/c1-4-10-22(11-5-1)18-31-26-17-30-21-29-16-25(30)27(32-19-23-12-6-2-7-13-23)28(26)33-20-24-14-8-3-9-15-24/h1-16,21,26-28H,17-20H2/t26-,27-,28+/m1/s1. The van der Waals surface area contributed by atoms with Crippen LogP contribution in [0.4, 0.5) is 0 Å². The highest BCUT2D eigenvalue weighted by atomic mass is 16.6. The summed E-state index contributed by atoms with van der Waals surface area (Å²) in [5.74, 6) is 0. The molecule has 0 saturated heterocycles. The van der Waals surface area contributed by atoms with E-state index in [-0.39, 0.29) is 18.3 Å². The number of hydrogen-bond acceptors (Lipinski definition) is 4. The lowest BCUT2D eigenvalue weighted by Gasteiger charge is -2.38. The summed E-state index contributed by atoms with van der Waals surface area (Å²) in [4.78, 5) is 4.39. The van der Waals surface area contributed by atoms with Crippen molar-refractivity contribution in [3.63, 3.8) is 0 Å². The number of aromatic nitrogens is 2. The normalized spacial score (nSPS) is 19.8. The highest BCUT2D eigenvalue weighted by molar-refractivity contribution is 5.17. The SMILES string of the molecule is c1ccc(CO[C@@H]2[C@H](OCc3ccccc3)c3cncn3C[C@H]2OCc2ccccc2)cc1. The third-order valence-electron chi connectivity index (χ3n) is 5.94. The molecule has 33 heavy (non-hydrogen) atoms. The number of nitrogens with zero attached hydrogens (tertiary/aromatic N) is 2. The summed E-state index contributed by atoms with van der Waals surface area (Å²) in [6.45, 7) is 2.18. The summed E-state index contributed by atoms with van der Waals surface area (Å²) >= 11 is 0. The number of fused-ring (bicyclic) bond motifs is 1. The van der Waals surface area contributed by atoms with E-state index in [1.165, 1.54) is 0 Å². The van der Waals surface area contributed by atoms with E-state index in [4.69, 9.17) is 14.2 Å². The van der Waals surface area contributed by atoms with Crippen LogP contribution in [0, 0.1) is 0 Å². The second kappa shape index (κ2) is 10.6. The first kappa shape index (κ1) is 21.6. The van der Waals surface area contributed by atoms with Crippen molar-refractivity contribution in [3.05, 3.63) is 126 Å². The van der Waals surface area contributed by atoms with E-state index in [1.54, 1.807) is 0 Å². The molecule has 1 aliphatic heterocycles. The van der Waals surface area contributed by atoms with Gasteiger partial charge in [0.15, 0.2) is 0 Å². The van der Waals surface area contributed by atoms with E-state index in [0.717, 1.165) is 22.4 Å². The molecule has 1 aliphatic rings. The molecule has 4 aromatic rings. The van der Waals surface area contributed by atoms with Crippen LogP contribution in [-0.2, 0) is 40.6 Å². The second-order valence-electron chi connectivity index (χ2n) is 8.28. The molecule has 2 heterocycles. The van der Waals surface area contributed by atoms with Gasteiger partial charge in [-0.3, -0.25) is 0 Å². The average molecular weight is 441 g/mol. The zero-order valence-electron chi connectivity index (χ0n) is 18.5. The fourth-order valence-corrected chi connectivity index (χ4v) is 4.21. The molecule has 0 unspecified atom stereocenters. The Morgan fingerprint density at radius 3 is 1.76 bits per heavy atom. The van der Waals surface area contributed by atoms with E-state index in [1.807, 2.05) is 67.1 Å². The quantitative estimate of drug-likeness (QED) is 0.353. The Kier molecular flexibility index (Phi) is 6.92. The van der Waals surface area contributed by atoms with E-state index in [9.17, 15) is 0 Å². The Balaban J connectivity index is 1.38. The van der Waals surface area contributed by atoms with Gasteiger partial charge in [-0.2, -0.15) is 0 Å². The van der Waals surface area contributed by atoms with Gasteiger partial charge in [0, 0.05) is 0 Å². The smallest absolute Gasteiger partial charge is 0.128 e. The van der Waals surface area contributed by atoms with Crippen LogP contribution in [0.2, 0.25) is 0 Å². The maximum atomic E-state index is 6.51. The summed E-state index contributed by atoms with van der Waals surface area (Å²) in [7, 11) is 0. The molecule has 0 aliphatic carbocycles. The predicted octanol–water partition coefficient (Wildman–Crippen LogP) is 5.33. The van der Waals surface area contributed by atoms with Gasteiger partial charge < -0.3 is 18.8 Å². The molecule has 0 spiro atoms. The van der Waals surface area contributed by atoms with Crippen molar-refractivity contribution in [2.24, 2.45) is 0 Å². The zero-order valence-corrected chi connectivity index (χ0v) is 18.5. The summed E-state index contributed by atoms with van der Waals surface area (Å²) in [5, 5.41) is 0. The highest BCUT2D eigenvalue weighted by Gasteiger charge is 2.40. The number of benzene rings is 3. The van der Waals surface area contributed by atoms with Crippen LogP contribution in [0.5, 0.6) is 0 Å². The first-order chi connectivity index (χ1) is 16.4. The van der Waals surface area contributed by atoms with Crippen molar-refractivity contribution in [1.29, 1.82) is 0 Å². The number of rotatable bonds is 9. The third-order valence-corrected chi connectivity index (χ3v) is 5.94. The molecule has 5 rings (SSSR count). The largest absolute Gasteiger partial charge is 0.369 e. The molecule has 0 saturated carbocycles. The molecule has 0 fully saturated rings. The first-order valence-corrected chi connectivity index (χ1v) is 11.3. The topological polar surface area (TPSA) is 45.5 Å². The van der Waals surface area contributed by atoms with Crippen LogP contribution in [0.3, 0.4) is 0 Å². The van der Waals surface area contributed by atoms with E-state index in [2.05, 4.69) is 45.9 Å². The molecule has 5 heteroatoms. The van der Waals surface area contributed by atoms with Crippen molar-refractivity contribution in [3.8, 4) is 0 Å². The summed E-state index contributed by atoms with van der Waals surface area (Å²) in [5.41, 5.74) is 4.40. The van der Waals surface area contributed by atoms with E-state index in [0.29, 0.717) is 26.4 Å². The minimum absolute atomic E-state index is 0.170. The van der Waals surface area contributed by atoms with Crippen molar-refractivity contribution in [2.45, 2.75) is 44.7 Å². The lowest BCUT2D eigenvalue weighted by molar-refractivity contribution is -0.170. The van der Waals surface area contributed by atoms with Crippen LogP contribution in [-0.4, -0.2) is 21.8 Å². The Bertz CT molecular complexity index is 1120. The Morgan fingerprint density at radius 2 is 1.18 bits per heavy atom. The van der Waals surface area contributed by atoms with Gasteiger partial charge >= 0.3 is 0 Å². The summed E-state index contributed by atoms with van der Waals surface area (Å²) in [6.07, 6.45) is 3.01. The molecular formula is C28H28N2O3. The minimum Gasteiger partial charge on any atom is -0.369 e. The molecule has 0 radical (unpaired) electrons. The highest BCUT2D eigenvalue weighted by Crippen LogP contribution is 2.34. The Hall–Kier alpha value is -3.25. The van der Waals surface area contributed by atoms with Gasteiger partial charge in [-0.15, -0.1) is 0 Å². The number of ether oxygens (including phenoxy) is 3. The van der Waals surface area contributed by atoms with Gasteiger partial charge in [0.1, 0.15) is 18.3 Å². The second-order valence-corrected chi connectivity index (χ2v) is 8.28. The molecule has 168 valence electrons. The van der Waals surface area contributed by atoms with E-state index < -0.39 is 0 Å². The van der Waals surface area contributed by atoms with Crippen molar-refractivity contribution >= 4 is 0 Å². The molecule has 0 N–H and O–H groups in total. The van der Waals surface area contributed by atoms with E-state index >= 15 is 0 Å². The van der Waals surface area contributed by atoms with Crippen LogP contribution < -0.4 is 0 Å². The van der Waals surface area contributed by atoms with Gasteiger partial charge in [-0.1, -0.05) is 91.0 Å². The monoisotopic (exact) mass is 440 g/mol. The molecule has 3 atom stereocenters. The van der Waals surface area contributed by atoms with Gasteiger partial charge in [0.2, 0.25) is 0 Å². The fraction of sp³-hybridized carbons (Fsp3) is 0.250. The zero-order chi connectivity index (χ0) is 22.3. The lowest BCUT2D eigenvalue weighted by atomic mass is 10.00. The lowest BCUT2D eigenvalue weighted by Crippen LogP contribution is -2.45. The first-order valence-electron chi connectivity index (χ1n) is 11.3. The van der Waals surface area contributed by atoms with Gasteiger partial charge in [-0.25, -0.2) is 4.98 Å². The van der Waals surface area contributed by atoms with Crippen LogP contribution in [0.15, 0.2) is 104 Å². The maximum absolute atomic E-state index is 6.51. The molecule has 3 aromatic carbocycles. The molecular weight excluding hydrogens is 412 g/mol. The molecule has 5 nitrogen and oxygen atoms in total. The third kappa shape index (κ3) is 5.40. The van der Waals surface area contributed by atoms with Crippen LogP contribution >= 0.6 is 0 Å². The Labute approximate surface area is 194 Å². The predicted molar refractivity (Wildman–Crippen MR) is 126 cm³/mol. The summed E-state index contributed by atoms with van der Waals surface area (Å²) < 4.78 is 21.5. The number of hydrogen-bond donors (Lipinski definition) is 0. The van der Waals surface area contributed by atoms with Gasteiger partial charge in [-0.05, 0) is 16.7 Å². The van der Waals surface area contributed by atoms with Crippen LogP contribution in [0.1, 0.15) is 28.5 Å². The average Bonchev–Trinajstić information content (AvgIpc) is 3.35. The van der Waals surface area contributed by atoms with Crippen molar-refractivity contribution < 1.29 is 14.2 Å². The van der Waals surface area contributed by atoms with Gasteiger partial charge in [0.05, 0.1) is 44.6 Å². The summed E-state index contributed by atoms with van der Waals surface area (Å²) in [6, 6.07) is 30.7. The van der Waals surface area contributed by atoms with Crippen LogP contribution in [0.25, 0.3) is 0 Å². The molecule has 0 bridgehead atoms. The Morgan fingerprint density at radius 1 is 0.667 bits per heavy atom.